The average Bonchev–Trinajstić information content (AvgIpc) is 2.65. The molecule has 8 heteroatoms. The van der Waals surface area contributed by atoms with E-state index >= 15 is 0 Å². The van der Waals surface area contributed by atoms with Crippen LogP contribution in [0.1, 0.15) is 32.1 Å². The Bertz CT molecular complexity index is 581. The first-order chi connectivity index (χ1) is 12.1. The number of methoxy groups -OCH3 is 3. The number of nitrogens with zero attached hydrogens (tertiary/aromatic N) is 1. The summed E-state index contributed by atoms with van der Waals surface area (Å²) in [6, 6.07) is 3.69. The molecule has 0 aromatic heterocycles. The van der Waals surface area contributed by atoms with Crippen molar-refractivity contribution < 1.29 is 19.0 Å². The molecule has 0 saturated heterocycles. The summed E-state index contributed by atoms with van der Waals surface area (Å²) in [5.41, 5.74) is 3.43. The lowest BCUT2D eigenvalue weighted by molar-refractivity contribution is -0.107. The van der Waals surface area contributed by atoms with Gasteiger partial charge >= 0.3 is 0 Å². The molecule has 0 atom stereocenters. The van der Waals surface area contributed by atoms with Crippen LogP contribution >= 0.6 is 12.2 Å². The van der Waals surface area contributed by atoms with Crippen molar-refractivity contribution >= 4 is 29.4 Å². The summed E-state index contributed by atoms with van der Waals surface area (Å²) < 4.78 is 15.9. The van der Waals surface area contributed by atoms with Gasteiger partial charge in [0.2, 0.25) is 12.2 Å². The van der Waals surface area contributed by atoms with E-state index in [1.54, 1.807) is 12.1 Å². The second-order valence-corrected chi connectivity index (χ2v) is 6.19. The van der Waals surface area contributed by atoms with Gasteiger partial charge in [-0.05, 0) is 25.1 Å². The molecule has 1 aliphatic carbocycles. The monoisotopic (exact) mass is 367 g/mol. The van der Waals surface area contributed by atoms with E-state index in [1.165, 1.54) is 45.6 Å². The van der Waals surface area contributed by atoms with Crippen LogP contribution in [0.25, 0.3) is 0 Å². The molecule has 0 heterocycles. The van der Waals surface area contributed by atoms with E-state index < -0.39 is 0 Å². The number of hydrogen-bond acceptors (Lipinski definition) is 5. The number of amides is 1. The van der Waals surface area contributed by atoms with Crippen LogP contribution in [0.15, 0.2) is 12.1 Å². The number of hydrogen-bond donors (Lipinski definition) is 2. The van der Waals surface area contributed by atoms with Gasteiger partial charge in [-0.25, -0.2) is 5.01 Å². The van der Waals surface area contributed by atoms with Crippen molar-refractivity contribution in [2.24, 2.45) is 0 Å². The van der Waals surface area contributed by atoms with Crippen LogP contribution in [0.4, 0.5) is 5.69 Å². The number of thiocarbonyl (C=S) groups is 1. The Labute approximate surface area is 153 Å². The van der Waals surface area contributed by atoms with Gasteiger partial charge in [0.1, 0.15) is 0 Å². The lowest BCUT2D eigenvalue weighted by Gasteiger charge is -2.27. The molecule has 25 heavy (non-hydrogen) atoms. The highest BCUT2D eigenvalue weighted by Gasteiger charge is 2.19. The molecule has 1 amide bonds. The largest absolute Gasteiger partial charge is 0.493 e. The summed E-state index contributed by atoms with van der Waals surface area (Å²) in [5.74, 6) is 1.37. The zero-order valence-corrected chi connectivity index (χ0v) is 15.6. The number of anilines is 1. The number of nitrogens with one attached hydrogen (secondary N) is 2. The minimum absolute atomic E-state index is 0.349. The van der Waals surface area contributed by atoms with Crippen molar-refractivity contribution in [2.75, 3.05) is 26.3 Å². The van der Waals surface area contributed by atoms with Crippen LogP contribution in [0.3, 0.4) is 0 Å². The molecule has 1 fully saturated rings. The lowest BCUT2D eigenvalue weighted by atomic mass is 9.96. The quantitative estimate of drug-likeness (QED) is 0.435. The van der Waals surface area contributed by atoms with E-state index in [0.717, 1.165) is 12.8 Å². The molecule has 138 valence electrons. The van der Waals surface area contributed by atoms with E-state index in [0.29, 0.717) is 40.5 Å². The predicted octanol–water partition coefficient (Wildman–Crippen LogP) is 2.39. The van der Waals surface area contributed by atoms with Gasteiger partial charge in [-0.15, -0.1) is 0 Å². The molecule has 0 bridgehead atoms. The minimum atomic E-state index is 0.349. The fourth-order valence-electron chi connectivity index (χ4n) is 2.93. The minimum Gasteiger partial charge on any atom is -0.493 e. The van der Waals surface area contributed by atoms with E-state index in [1.807, 2.05) is 0 Å². The molecule has 0 unspecified atom stereocenters. The van der Waals surface area contributed by atoms with E-state index in [4.69, 9.17) is 26.4 Å². The molecule has 1 aliphatic rings. The van der Waals surface area contributed by atoms with Crippen molar-refractivity contribution in [2.45, 2.75) is 38.1 Å². The molecule has 2 rings (SSSR count). The SMILES string of the molecule is COc1cc(N(C=O)NC(=S)NC2CCCCC2)cc(OC)c1OC. The summed E-state index contributed by atoms with van der Waals surface area (Å²) >= 11 is 5.34. The third-order valence-electron chi connectivity index (χ3n) is 4.20. The van der Waals surface area contributed by atoms with Crippen LogP contribution in [-0.2, 0) is 4.79 Å². The molecule has 1 saturated carbocycles. The highest BCUT2D eigenvalue weighted by Crippen LogP contribution is 2.40. The molecular formula is C17H25N3O4S. The Balaban J connectivity index is 2.13. The van der Waals surface area contributed by atoms with Gasteiger partial charge in [-0.3, -0.25) is 10.2 Å². The molecule has 1 aromatic carbocycles. The maximum absolute atomic E-state index is 11.6. The summed E-state index contributed by atoms with van der Waals surface area (Å²) in [7, 11) is 4.57. The van der Waals surface area contributed by atoms with Crippen LogP contribution in [-0.4, -0.2) is 38.9 Å². The Morgan fingerprint density at radius 3 is 2.20 bits per heavy atom. The Hall–Kier alpha value is -2.22. The van der Waals surface area contributed by atoms with Gasteiger partial charge in [-0.1, -0.05) is 19.3 Å². The zero-order valence-electron chi connectivity index (χ0n) is 14.8. The Kier molecular flexibility index (Phi) is 7.12. The van der Waals surface area contributed by atoms with Crippen LogP contribution in [0.2, 0.25) is 0 Å². The topological polar surface area (TPSA) is 72.1 Å². The maximum Gasteiger partial charge on any atom is 0.232 e. The highest BCUT2D eigenvalue weighted by atomic mass is 32.1. The molecule has 0 aliphatic heterocycles. The summed E-state index contributed by atoms with van der Waals surface area (Å²) in [5, 5.41) is 4.96. The molecular weight excluding hydrogens is 342 g/mol. The molecule has 0 radical (unpaired) electrons. The molecule has 1 aromatic rings. The van der Waals surface area contributed by atoms with Crippen LogP contribution in [0.5, 0.6) is 17.2 Å². The van der Waals surface area contributed by atoms with Gasteiger partial charge in [-0.2, -0.15) is 0 Å². The van der Waals surface area contributed by atoms with Gasteiger partial charge in [0.25, 0.3) is 0 Å². The summed E-state index contributed by atoms with van der Waals surface area (Å²) in [6.45, 7) is 0. The number of benzene rings is 1. The first-order valence-corrected chi connectivity index (χ1v) is 8.65. The van der Waals surface area contributed by atoms with E-state index in [-0.39, 0.29) is 0 Å². The predicted molar refractivity (Wildman–Crippen MR) is 100 cm³/mol. The van der Waals surface area contributed by atoms with Gasteiger partial charge in [0.05, 0.1) is 27.0 Å². The fraction of sp³-hybridized carbons (Fsp3) is 0.529. The third-order valence-corrected chi connectivity index (χ3v) is 4.40. The van der Waals surface area contributed by atoms with Crippen molar-refractivity contribution in [1.29, 1.82) is 0 Å². The highest BCUT2D eigenvalue weighted by molar-refractivity contribution is 7.80. The van der Waals surface area contributed by atoms with Crippen molar-refractivity contribution in [3.05, 3.63) is 12.1 Å². The molecule has 2 N–H and O–H groups in total. The normalized spacial score (nSPS) is 14.4. The van der Waals surface area contributed by atoms with Crippen LogP contribution < -0.4 is 30.0 Å². The zero-order chi connectivity index (χ0) is 18.2. The fourth-order valence-corrected chi connectivity index (χ4v) is 3.20. The van der Waals surface area contributed by atoms with E-state index in [9.17, 15) is 4.79 Å². The standard InChI is InChI=1S/C17H25N3O4S/c1-22-14-9-13(10-15(23-2)16(14)24-3)20(11-21)19-17(25)18-12-7-5-4-6-8-12/h9-12H,4-8H2,1-3H3,(H2,18,19,25). The smallest absolute Gasteiger partial charge is 0.232 e. The first kappa shape index (κ1) is 19.1. The average molecular weight is 367 g/mol. The first-order valence-electron chi connectivity index (χ1n) is 8.24. The number of carbonyl (C=O) groups excluding carboxylic acids is 1. The van der Waals surface area contributed by atoms with Crippen molar-refractivity contribution in [3.63, 3.8) is 0 Å². The number of hydrazine groups is 1. The number of ether oxygens (including phenoxy) is 3. The maximum atomic E-state index is 11.6. The van der Waals surface area contributed by atoms with Gasteiger partial charge in [0, 0.05) is 18.2 Å². The third kappa shape index (κ3) is 4.88. The van der Waals surface area contributed by atoms with Crippen LogP contribution in [0, 0.1) is 0 Å². The second-order valence-electron chi connectivity index (χ2n) is 5.78. The van der Waals surface area contributed by atoms with Gasteiger partial charge in [0.15, 0.2) is 16.6 Å². The summed E-state index contributed by atoms with van der Waals surface area (Å²) in [6.07, 6.45) is 6.50. The Morgan fingerprint density at radius 2 is 1.72 bits per heavy atom. The molecule has 0 spiro atoms. The second kappa shape index (κ2) is 9.31. The number of carbonyl (C=O) groups is 1. The lowest BCUT2D eigenvalue weighted by Crippen LogP contribution is -2.50. The van der Waals surface area contributed by atoms with Gasteiger partial charge < -0.3 is 19.5 Å². The summed E-state index contributed by atoms with van der Waals surface area (Å²) in [4.78, 5) is 11.6. The molecule has 7 nitrogen and oxygen atoms in total. The number of rotatable bonds is 7. The van der Waals surface area contributed by atoms with E-state index in [2.05, 4.69) is 10.7 Å². The van der Waals surface area contributed by atoms with Crippen molar-refractivity contribution in [1.82, 2.24) is 10.7 Å². The van der Waals surface area contributed by atoms with Crippen molar-refractivity contribution in [3.8, 4) is 17.2 Å². The Morgan fingerprint density at radius 1 is 1.12 bits per heavy atom.